The molecule has 2 atom stereocenters. The summed E-state index contributed by atoms with van der Waals surface area (Å²) in [7, 11) is 0. The molecule has 2 nitrogen and oxygen atoms in total. The highest BCUT2D eigenvalue weighted by Gasteiger charge is 2.26. The van der Waals surface area contributed by atoms with E-state index < -0.39 is 0 Å². The number of hydrogen-bond donors (Lipinski definition) is 2. The second-order valence-electron chi connectivity index (χ2n) is 4.52. The minimum Gasteiger partial charge on any atom is -0.396 e. The van der Waals surface area contributed by atoms with Crippen LogP contribution in [0.1, 0.15) is 30.0 Å². The Labute approximate surface area is 95.5 Å². The number of aliphatic hydroxyl groups excluding tert-OH is 1. The molecule has 0 bridgehead atoms. The van der Waals surface area contributed by atoms with E-state index >= 15 is 0 Å². The molecule has 2 unspecified atom stereocenters. The van der Waals surface area contributed by atoms with E-state index in [9.17, 15) is 9.50 Å². The smallest absolute Gasteiger partial charge is 0.123 e. The summed E-state index contributed by atoms with van der Waals surface area (Å²) >= 11 is 0. The van der Waals surface area contributed by atoms with Gasteiger partial charge in [-0.1, -0.05) is 6.07 Å². The van der Waals surface area contributed by atoms with E-state index in [1.165, 1.54) is 6.07 Å². The zero-order chi connectivity index (χ0) is 11.5. The van der Waals surface area contributed by atoms with Crippen molar-refractivity contribution in [3.8, 4) is 0 Å². The summed E-state index contributed by atoms with van der Waals surface area (Å²) in [5, 5.41) is 12.8. The van der Waals surface area contributed by atoms with Gasteiger partial charge in [0.2, 0.25) is 0 Å². The van der Waals surface area contributed by atoms with Gasteiger partial charge in [-0.25, -0.2) is 4.39 Å². The quantitative estimate of drug-likeness (QED) is 0.805. The molecular weight excluding hydrogens is 205 g/mol. The van der Waals surface area contributed by atoms with Gasteiger partial charge in [0.25, 0.3) is 0 Å². The minimum absolute atomic E-state index is 0.166. The molecule has 0 radical (unpaired) electrons. The van der Waals surface area contributed by atoms with Gasteiger partial charge in [0.05, 0.1) is 0 Å². The van der Waals surface area contributed by atoms with Crippen LogP contribution in [-0.2, 0) is 0 Å². The van der Waals surface area contributed by atoms with Crippen molar-refractivity contribution in [3.63, 3.8) is 0 Å². The van der Waals surface area contributed by atoms with Gasteiger partial charge in [0.1, 0.15) is 5.82 Å². The van der Waals surface area contributed by atoms with E-state index in [-0.39, 0.29) is 24.4 Å². The van der Waals surface area contributed by atoms with Crippen LogP contribution in [0.2, 0.25) is 0 Å². The lowest BCUT2D eigenvalue weighted by Gasteiger charge is -2.32. The fourth-order valence-electron chi connectivity index (χ4n) is 2.50. The maximum absolute atomic E-state index is 13.0. The first-order chi connectivity index (χ1) is 7.72. The van der Waals surface area contributed by atoms with Crippen LogP contribution in [-0.4, -0.2) is 18.3 Å². The largest absolute Gasteiger partial charge is 0.396 e. The molecule has 1 aromatic rings. The molecule has 1 aliphatic heterocycles. The maximum Gasteiger partial charge on any atom is 0.123 e. The molecule has 3 heteroatoms. The molecule has 0 aliphatic carbocycles. The molecule has 2 N–H and O–H groups in total. The topological polar surface area (TPSA) is 32.3 Å². The predicted octanol–water partition coefficient (Wildman–Crippen LogP) is 2.17. The summed E-state index contributed by atoms with van der Waals surface area (Å²) in [6.07, 6.45) is 2.13. The van der Waals surface area contributed by atoms with Gasteiger partial charge in [-0.2, -0.15) is 0 Å². The van der Waals surface area contributed by atoms with Gasteiger partial charge in [-0.05, 0) is 49.6 Å². The minimum atomic E-state index is -0.197. The summed E-state index contributed by atoms with van der Waals surface area (Å²) in [5.41, 5.74) is 2.07. The second-order valence-corrected chi connectivity index (χ2v) is 4.52. The number of nitrogens with one attached hydrogen (secondary N) is 1. The normalized spacial score (nSPS) is 25.7. The van der Waals surface area contributed by atoms with Crippen LogP contribution in [0.15, 0.2) is 18.2 Å². The Morgan fingerprint density at radius 1 is 1.50 bits per heavy atom. The third-order valence-corrected chi connectivity index (χ3v) is 3.39. The van der Waals surface area contributed by atoms with Crippen molar-refractivity contribution in [2.45, 2.75) is 25.8 Å². The zero-order valence-electron chi connectivity index (χ0n) is 9.54. The Morgan fingerprint density at radius 2 is 2.31 bits per heavy atom. The van der Waals surface area contributed by atoms with Crippen LogP contribution in [0.4, 0.5) is 4.39 Å². The fraction of sp³-hybridized carbons (Fsp3) is 0.538. The van der Waals surface area contributed by atoms with E-state index in [0.29, 0.717) is 0 Å². The van der Waals surface area contributed by atoms with E-state index in [0.717, 1.165) is 30.5 Å². The first-order valence-corrected chi connectivity index (χ1v) is 5.82. The standard InChI is InChI=1S/C13H18FNO/c1-9-7-11(14)4-5-12(9)13-10(8-16)3-2-6-15-13/h4-5,7,10,13,15-16H,2-3,6,8H2,1H3. The molecule has 1 aliphatic rings. The van der Waals surface area contributed by atoms with Crippen molar-refractivity contribution in [1.29, 1.82) is 0 Å². The van der Waals surface area contributed by atoms with E-state index in [1.54, 1.807) is 6.07 Å². The molecule has 88 valence electrons. The molecule has 1 fully saturated rings. The van der Waals surface area contributed by atoms with Crippen molar-refractivity contribution in [3.05, 3.63) is 35.1 Å². The lowest BCUT2D eigenvalue weighted by molar-refractivity contribution is 0.160. The maximum atomic E-state index is 13.0. The SMILES string of the molecule is Cc1cc(F)ccc1C1NCCCC1CO. The molecular formula is C13H18FNO. The summed E-state index contributed by atoms with van der Waals surface area (Å²) in [5.74, 6) is 0.0514. The molecule has 16 heavy (non-hydrogen) atoms. The Morgan fingerprint density at radius 3 is 3.00 bits per heavy atom. The van der Waals surface area contributed by atoms with E-state index in [2.05, 4.69) is 5.32 Å². The molecule has 0 saturated carbocycles. The number of benzene rings is 1. The highest BCUT2D eigenvalue weighted by Crippen LogP contribution is 2.30. The van der Waals surface area contributed by atoms with Gasteiger partial charge in [0, 0.05) is 18.6 Å². The van der Waals surface area contributed by atoms with Crippen LogP contribution >= 0.6 is 0 Å². The van der Waals surface area contributed by atoms with Gasteiger partial charge in [0.15, 0.2) is 0 Å². The third kappa shape index (κ3) is 2.25. The molecule has 1 saturated heterocycles. The van der Waals surface area contributed by atoms with Gasteiger partial charge in [-0.3, -0.25) is 0 Å². The van der Waals surface area contributed by atoms with E-state index in [4.69, 9.17) is 0 Å². The van der Waals surface area contributed by atoms with Gasteiger partial charge in [-0.15, -0.1) is 0 Å². The van der Waals surface area contributed by atoms with Crippen LogP contribution in [0.5, 0.6) is 0 Å². The molecule has 2 rings (SSSR count). The van der Waals surface area contributed by atoms with Crippen molar-refractivity contribution < 1.29 is 9.50 Å². The fourth-order valence-corrected chi connectivity index (χ4v) is 2.50. The number of halogens is 1. The number of hydrogen-bond acceptors (Lipinski definition) is 2. The number of piperidine rings is 1. The Hall–Kier alpha value is -0.930. The van der Waals surface area contributed by atoms with Crippen molar-refractivity contribution >= 4 is 0 Å². The molecule has 0 spiro atoms. The van der Waals surface area contributed by atoms with Crippen LogP contribution in [0, 0.1) is 18.7 Å². The first kappa shape index (κ1) is 11.6. The van der Waals surface area contributed by atoms with E-state index in [1.807, 2.05) is 13.0 Å². The average molecular weight is 223 g/mol. The molecule has 1 heterocycles. The molecule has 0 amide bonds. The summed E-state index contributed by atoms with van der Waals surface area (Å²) < 4.78 is 13.0. The molecule has 1 aromatic carbocycles. The number of aliphatic hydroxyl groups is 1. The van der Waals surface area contributed by atoms with Crippen LogP contribution in [0.3, 0.4) is 0 Å². The lowest BCUT2D eigenvalue weighted by Crippen LogP contribution is -2.36. The number of aryl methyl sites for hydroxylation is 1. The second kappa shape index (κ2) is 4.93. The first-order valence-electron chi connectivity index (χ1n) is 5.82. The molecule has 0 aromatic heterocycles. The summed E-state index contributed by atoms with van der Waals surface area (Å²) in [4.78, 5) is 0. The van der Waals surface area contributed by atoms with Crippen molar-refractivity contribution in [1.82, 2.24) is 5.32 Å². The zero-order valence-corrected chi connectivity index (χ0v) is 9.54. The van der Waals surface area contributed by atoms with Crippen molar-refractivity contribution in [2.75, 3.05) is 13.2 Å². The third-order valence-electron chi connectivity index (χ3n) is 3.39. The summed E-state index contributed by atoms with van der Waals surface area (Å²) in [6, 6.07) is 5.04. The summed E-state index contributed by atoms with van der Waals surface area (Å²) in [6.45, 7) is 3.08. The highest BCUT2D eigenvalue weighted by atomic mass is 19.1. The van der Waals surface area contributed by atoms with Gasteiger partial charge >= 0.3 is 0 Å². The Kier molecular flexibility index (Phi) is 3.56. The Balaban J connectivity index is 2.27. The predicted molar refractivity (Wildman–Crippen MR) is 61.7 cm³/mol. The van der Waals surface area contributed by atoms with Crippen LogP contribution in [0.25, 0.3) is 0 Å². The average Bonchev–Trinajstić information content (AvgIpc) is 2.29. The van der Waals surface area contributed by atoms with Crippen LogP contribution < -0.4 is 5.32 Å². The monoisotopic (exact) mass is 223 g/mol. The Bertz CT molecular complexity index is 367. The lowest BCUT2D eigenvalue weighted by atomic mass is 9.85. The highest BCUT2D eigenvalue weighted by molar-refractivity contribution is 5.30. The number of rotatable bonds is 2. The van der Waals surface area contributed by atoms with Crippen molar-refractivity contribution in [2.24, 2.45) is 5.92 Å². The van der Waals surface area contributed by atoms with Gasteiger partial charge < -0.3 is 10.4 Å².